The summed E-state index contributed by atoms with van der Waals surface area (Å²) >= 11 is 0. The molecule has 0 unspecified atom stereocenters. The molecule has 2 aliphatic rings. The molecule has 0 aliphatic heterocycles. The van der Waals surface area contributed by atoms with Gasteiger partial charge in [0.25, 0.3) is 0 Å². The fourth-order valence-corrected chi connectivity index (χ4v) is 4.94. The van der Waals surface area contributed by atoms with Crippen LogP contribution in [0.2, 0.25) is 0 Å². The van der Waals surface area contributed by atoms with Gasteiger partial charge in [-0.05, 0) is 101 Å². The van der Waals surface area contributed by atoms with E-state index in [-0.39, 0.29) is 0 Å². The largest absolute Gasteiger partial charge is 0.490 e. The first-order valence-corrected chi connectivity index (χ1v) is 10.8. The van der Waals surface area contributed by atoms with Crippen LogP contribution in [0.3, 0.4) is 0 Å². The van der Waals surface area contributed by atoms with Crippen LogP contribution in [-0.2, 0) is 12.8 Å². The minimum atomic E-state index is 0.407. The molecule has 4 rings (SSSR count). The highest BCUT2D eigenvalue weighted by Gasteiger charge is 2.27. The number of aromatic nitrogens is 1. The first kappa shape index (κ1) is 18.5. The Kier molecular flexibility index (Phi) is 5.25. The Morgan fingerprint density at radius 2 is 2.00 bits per heavy atom. The fraction of sp³-hybridized carbons (Fsp3) is 0.560. The summed E-state index contributed by atoms with van der Waals surface area (Å²) in [6.45, 7) is 8.92. The molecule has 0 saturated heterocycles. The molecule has 1 heterocycles. The predicted molar refractivity (Wildman–Crippen MR) is 114 cm³/mol. The van der Waals surface area contributed by atoms with Gasteiger partial charge in [-0.3, -0.25) is 4.98 Å². The summed E-state index contributed by atoms with van der Waals surface area (Å²) in [7, 11) is 0. The monoisotopic (exact) mass is 363 g/mol. The lowest BCUT2D eigenvalue weighted by molar-refractivity contribution is 0.207. The molecule has 2 aromatic rings. The number of hydrogen-bond acceptors (Lipinski definition) is 2. The summed E-state index contributed by atoms with van der Waals surface area (Å²) in [5, 5.41) is 1.41. The molecule has 1 aromatic heterocycles. The van der Waals surface area contributed by atoms with E-state index in [0.717, 1.165) is 18.6 Å². The normalized spacial score (nSPS) is 19.5. The zero-order valence-corrected chi connectivity index (χ0v) is 17.4. The van der Waals surface area contributed by atoms with Gasteiger partial charge in [0, 0.05) is 17.1 Å². The van der Waals surface area contributed by atoms with Crippen molar-refractivity contribution in [3.05, 3.63) is 46.2 Å². The van der Waals surface area contributed by atoms with Crippen molar-refractivity contribution in [1.82, 2.24) is 4.98 Å². The summed E-state index contributed by atoms with van der Waals surface area (Å²) < 4.78 is 6.56. The van der Waals surface area contributed by atoms with E-state index in [2.05, 4.69) is 46.0 Å². The highest BCUT2D eigenvalue weighted by atomic mass is 16.5. The van der Waals surface area contributed by atoms with Crippen molar-refractivity contribution in [2.24, 2.45) is 0 Å². The molecule has 1 aromatic carbocycles. The van der Waals surface area contributed by atoms with Crippen LogP contribution >= 0.6 is 0 Å². The smallest absolute Gasteiger partial charge is 0.124 e. The number of nitrogens with zero attached hydrogens (tertiary/aromatic N) is 1. The van der Waals surface area contributed by atoms with E-state index in [1.807, 2.05) is 0 Å². The Balaban J connectivity index is 1.81. The molecular formula is C25H33NO. The van der Waals surface area contributed by atoms with E-state index < -0.39 is 0 Å². The topological polar surface area (TPSA) is 22.1 Å². The Bertz CT molecular complexity index is 870. The van der Waals surface area contributed by atoms with E-state index in [0.29, 0.717) is 12.0 Å². The van der Waals surface area contributed by atoms with Crippen LogP contribution in [0.5, 0.6) is 5.75 Å². The fourth-order valence-electron chi connectivity index (χ4n) is 4.94. The molecule has 1 atom stereocenters. The molecular weight excluding hydrogens is 330 g/mol. The van der Waals surface area contributed by atoms with Crippen LogP contribution < -0.4 is 4.74 Å². The van der Waals surface area contributed by atoms with Crippen LogP contribution in [0.4, 0.5) is 0 Å². The molecule has 0 spiro atoms. The average Bonchev–Trinajstić information content (AvgIpc) is 3.13. The van der Waals surface area contributed by atoms with Crippen molar-refractivity contribution in [2.45, 2.75) is 91.1 Å². The lowest BCUT2D eigenvalue weighted by Crippen LogP contribution is -2.16. The molecule has 2 aliphatic carbocycles. The van der Waals surface area contributed by atoms with E-state index in [1.54, 1.807) is 0 Å². The second kappa shape index (κ2) is 7.66. The molecule has 2 heteroatoms. The van der Waals surface area contributed by atoms with E-state index in [9.17, 15) is 0 Å². The minimum absolute atomic E-state index is 0.407. The number of hydrogen-bond donors (Lipinski definition) is 0. The van der Waals surface area contributed by atoms with E-state index in [1.165, 1.54) is 77.3 Å². The molecule has 1 saturated carbocycles. The highest BCUT2D eigenvalue weighted by molar-refractivity contribution is 5.92. The van der Waals surface area contributed by atoms with Crippen LogP contribution in [-0.4, -0.2) is 11.1 Å². The Labute approximate surface area is 164 Å². The number of rotatable bonds is 5. The third kappa shape index (κ3) is 3.63. The molecule has 0 N–H and O–H groups in total. The average molecular weight is 364 g/mol. The molecule has 0 radical (unpaired) electrons. The quantitative estimate of drug-likeness (QED) is 0.544. The van der Waals surface area contributed by atoms with Crippen LogP contribution in [0, 0.1) is 6.92 Å². The zero-order chi connectivity index (χ0) is 19.0. The third-order valence-electron chi connectivity index (χ3n) is 6.41. The highest BCUT2D eigenvalue weighted by Crippen LogP contribution is 2.44. The van der Waals surface area contributed by atoms with Crippen LogP contribution in [0.15, 0.2) is 23.9 Å². The third-order valence-corrected chi connectivity index (χ3v) is 6.41. The maximum Gasteiger partial charge on any atom is 0.124 e. The molecule has 2 nitrogen and oxygen atoms in total. The van der Waals surface area contributed by atoms with Gasteiger partial charge in [-0.1, -0.05) is 18.6 Å². The molecule has 27 heavy (non-hydrogen) atoms. The number of ether oxygens (including phenoxy) is 1. The van der Waals surface area contributed by atoms with Crippen molar-refractivity contribution >= 4 is 10.9 Å². The molecule has 144 valence electrons. The van der Waals surface area contributed by atoms with Gasteiger partial charge in [0.1, 0.15) is 5.75 Å². The van der Waals surface area contributed by atoms with Crippen molar-refractivity contribution in [1.29, 1.82) is 0 Å². The summed E-state index contributed by atoms with van der Waals surface area (Å²) in [5.41, 5.74) is 8.25. The number of aryl methyl sites for hydroxylation is 3. The molecule has 0 amide bonds. The molecule has 1 fully saturated rings. The van der Waals surface area contributed by atoms with Gasteiger partial charge >= 0.3 is 0 Å². The van der Waals surface area contributed by atoms with Crippen LogP contribution in [0.25, 0.3) is 10.9 Å². The van der Waals surface area contributed by atoms with Gasteiger partial charge < -0.3 is 4.74 Å². The van der Waals surface area contributed by atoms with Gasteiger partial charge in [0.2, 0.25) is 0 Å². The minimum Gasteiger partial charge on any atom is -0.490 e. The van der Waals surface area contributed by atoms with Gasteiger partial charge in [-0.25, -0.2) is 0 Å². The number of pyridine rings is 1. The second-order valence-electron chi connectivity index (χ2n) is 8.88. The first-order valence-electron chi connectivity index (χ1n) is 10.8. The standard InChI is InChI=1S/C25H33NO/c1-16(2)8-7-9-19-15-26-25-18(4)14-22(27-20-10-5-6-11-20)23-17(3)12-13-21(19)24(23)25/h8,14-15,17,20H,5-7,9-13H2,1-4H3/t17-/m1/s1. The SMILES string of the molecule is CC(C)=CCCc1cnc2c(C)cc(OC3CCCC3)c3c2c1CC[C@H]3C. The Morgan fingerprint density at radius 1 is 1.22 bits per heavy atom. The summed E-state index contributed by atoms with van der Waals surface area (Å²) in [6, 6.07) is 2.26. The summed E-state index contributed by atoms with van der Waals surface area (Å²) in [5.74, 6) is 1.69. The van der Waals surface area contributed by atoms with Gasteiger partial charge in [-0.15, -0.1) is 0 Å². The van der Waals surface area contributed by atoms with Crippen molar-refractivity contribution < 1.29 is 4.74 Å². The van der Waals surface area contributed by atoms with Gasteiger partial charge in [-0.2, -0.15) is 0 Å². The summed E-state index contributed by atoms with van der Waals surface area (Å²) in [6.07, 6.45) is 14.5. The lowest BCUT2D eigenvalue weighted by Gasteiger charge is -2.29. The summed E-state index contributed by atoms with van der Waals surface area (Å²) in [4.78, 5) is 4.91. The number of benzene rings is 1. The van der Waals surface area contributed by atoms with Crippen molar-refractivity contribution in [3.63, 3.8) is 0 Å². The maximum absolute atomic E-state index is 6.56. The van der Waals surface area contributed by atoms with E-state index >= 15 is 0 Å². The maximum atomic E-state index is 6.56. The van der Waals surface area contributed by atoms with Crippen molar-refractivity contribution in [3.8, 4) is 5.75 Å². The van der Waals surface area contributed by atoms with Gasteiger partial charge in [0.05, 0.1) is 11.6 Å². The Hall–Kier alpha value is -1.83. The molecule has 0 bridgehead atoms. The Morgan fingerprint density at radius 3 is 2.74 bits per heavy atom. The van der Waals surface area contributed by atoms with Crippen LogP contribution in [0.1, 0.15) is 87.5 Å². The zero-order valence-electron chi connectivity index (χ0n) is 17.4. The van der Waals surface area contributed by atoms with Crippen molar-refractivity contribution in [2.75, 3.05) is 0 Å². The second-order valence-corrected chi connectivity index (χ2v) is 8.88. The van der Waals surface area contributed by atoms with Gasteiger partial charge in [0.15, 0.2) is 0 Å². The predicted octanol–water partition coefficient (Wildman–Crippen LogP) is 6.81. The number of allylic oxidation sites excluding steroid dienone is 2. The lowest BCUT2D eigenvalue weighted by atomic mass is 9.80. The van der Waals surface area contributed by atoms with E-state index in [4.69, 9.17) is 9.72 Å². The first-order chi connectivity index (χ1) is 13.0.